The summed E-state index contributed by atoms with van der Waals surface area (Å²) in [7, 11) is 0. The lowest BCUT2D eigenvalue weighted by atomic mass is 10.2. The summed E-state index contributed by atoms with van der Waals surface area (Å²) in [4.78, 5) is 26.6. The number of carbonyl (C=O) groups excluding carboxylic acids is 1. The molecule has 8 heteroatoms. The van der Waals surface area contributed by atoms with Crippen LogP contribution in [0.15, 0.2) is 30.3 Å². The van der Waals surface area contributed by atoms with Crippen molar-refractivity contribution in [3.8, 4) is 10.4 Å². The highest BCUT2D eigenvalue weighted by Gasteiger charge is 2.33. The average Bonchev–Trinajstić information content (AvgIpc) is 3.03. The molecule has 1 amide bonds. The summed E-state index contributed by atoms with van der Waals surface area (Å²) in [6.45, 7) is 0.590. The lowest BCUT2D eigenvalue weighted by Crippen LogP contribution is -2.52. The number of hydrogen-bond donors (Lipinski definition) is 1. The number of aliphatic carboxylic acids is 1. The van der Waals surface area contributed by atoms with Gasteiger partial charge in [-0.25, -0.2) is 4.79 Å². The highest BCUT2D eigenvalue weighted by molar-refractivity contribution is 7.17. The molecule has 0 aliphatic carbocycles. The summed E-state index contributed by atoms with van der Waals surface area (Å²) < 4.78 is 5.16. The quantitative estimate of drug-likeness (QED) is 0.875. The molecule has 1 aliphatic heterocycles. The summed E-state index contributed by atoms with van der Waals surface area (Å²) in [5.41, 5.74) is 0.813. The maximum Gasteiger partial charge on any atom is 0.328 e. The minimum Gasteiger partial charge on any atom is -0.480 e. The number of amides is 1. The molecule has 126 valence electrons. The SMILES string of the molecule is O=C(O)C1COCCN1C(=O)c1ccc(-c2cc(Cl)cc(Cl)c2)s1. The third-order valence-electron chi connectivity index (χ3n) is 3.64. The van der Waals surface area contributed by atoms with Gasteiger partial charge in [0.2, 0.25) is 0 Å². The molecule has 1 atom stereocenters. The molecular formula is C16H13Cl2NO4S. The van der Waals surface area contributed by atoms with Crippen LogP contribution in [0.5, 0.6) is 0 Å². The van der Waals surface area contributed by atoms with Crippen LogP contribution in [0.25, 0.3) is 10.4 Å². The number of carbonyl (C=O) groups is 2. The number of morpholine rings is 1. The number of ether oxygens (including phenoxy) is 1. The van der Waals surface area contributed by atoms with Crippen LogP contribution in [0, 0.1) is 0 Å². The van der Waals surface area contributed by atoms with E-state index in [1.807, 2.05) is 0 Å². The number of carboxylic acid groups (broad SMARTS) is 1. The van der Waals surface area contributed by atoms with E-state index in [9.17, 15) is 14.7 Å². The predicted molar refractivity (Wildman–Crippen MR) is 93.1 cm³/mol. The molecule has 1 aliphatic rings. The van der Waals surface area contributed by atoms with Crippen LogP contribution < -0.4 is 0 Å². The zero-order chi connectivity index (χ0) is 17.3. The van der Waals surface area contributed by atoms with Crippen molar-refractivity contribution in [3.05, 3.63) is 45.3 Å². The first-order valence-electron chi connectivity index (χ1n) is 7.13. The van der Waals surface area contributed by atoms with Crippen LogP contribution in [-0.2, 0) is 9.53 Å². The van der Waals surface area contributed by atoms with Crippen LogP contribution in [0.4, 0.5) is 0 Å². The van der Waals surface area contributed by atoms with E-state index < -0.39 is 12.0 Å². The van der Waals surface area contributed by atoms with Gasteiger partial charge in [-0.1, -0.05) is 23.2 Å². The highest BCUT2D eigenvalue weighted by atomic mass is 35.5. The number of halogens is 2. The number of benzene rings is 1. The van der Waals surface area contributed by atoms with Crippen LogP contribution >= 0.6 is 34.5 Å². The van der Waals surface area contributed by atoms with Crippen LogP contribution in [0.1, 0.15) is 9.67 Å². The topological polar surface area (TPSA) is 66.8 Å². The summed E-state index contributed by atoms with van der Waals surface area (Å²) in [6, 6.07) is 7.70. The number of carboxylic acids is 1. The zero-order valence-electron chi connectivity index (χ0n) is 12.4. The molecule has 0 bridgehead atoms. The van der Waals surface area contributed by atoms with E-state index in [1.165, 1.54) is 16.2 Å². The number of hydrogen-bond acceptors (Lipinski definition) is 4. The minimum atomic E-state index is -1.07. The van der Waals surface area contributed by atoms with Crippen molar-refractivity contribution < 1.29 is 19.4 Å². The van der Waals surface area contributed by atoms with Crippen molar-refractivity contribution in [1.29, 1.82) is 0 Å². The van der Waals surface area contributed by atoms with E-state index in [-0.39, 0.29) is 19.1 Å². The minimum absolute atomic E-state index is 0.00318. The van der Waals surface area contributed by atoms with Gasteiger partial charge in [0.25, 0.3) is 5.91 Å². The predicted octanol–water partition coefficient (Wildman–Crippen LogP) is 3.65. The van der Waals surface area contributed by atoms with Crippen molar-refractivity contribution in [3.63, 3.8) is 0 Å². The van der Waals surface area contributed by atoms with E-state index in [1.54, 1.807) is 30.3 Å². The van der Waals surface area contributed by atoms with Gasteiger partial charge in [0.1, 0.15) is 0 Å². The van der Waals surface area contributed by atoms with Gasteiger partial charge in [-0.15, -0.1) is 11.3 Å². The molecule has 2 aromatic rings. The van der Waals surface area contributed by atoms with Gasteiger partial charge in [0.15, 0.2) is 6.04 Å². The first-order valence-corrected chi connectivity index (χ1v) is 8.71. The molecule has 5 nitrogen and oxygen atoms in total. The Labute approximate surface area is 152 Å². The normalized spacial score (nSPS) is 17.8. The first kappa shape index (κ1) is 17.2. The molecule has 1 saturated heterocycles. The summed E-state index contributed by atoms with van der Waals surface area (Å²) in [5, 5.41) is 10.3. The Morgan fingerprint density at radius 2 is 1.92 bits per heavy atom. The van der Waals surface area contributed by atoms with Gasteiger partial charge in [-0.2, -0.15) is 0 Å². The average molecular weight is 386 g/mol. The summed E-state index contributed by atoms with van der Waals surface area (Å²) >= 11 is 13.3. The number of nitrogens with zero attached hydrogens (tertiary/aromatic N) is 1. The lowest BCUT2D eigenvalue weighted by molar-refractivity contribution is -0.147. The third-order valence-corrected chi connectivity index (χ3v) is 5.20. The molecule has 2 heterocycles. The maximum atomic E-state index is 12.7. The molecule has 0 saturated carbocycles. The smallest absolute Gasteiger partial charge is 0.328 e. The number of thiophene rings is 1. The fourth-order valence-electron chi connectivity index (χ4n) is 2.50. The molecular weight excluding hydrogens is 373 g/mol. The molecule has 1 unspecified atom stereocenters. The van der Waals surface area contributed by atoms with Gasteiger partial charge >= 0.3 is 5.97 Å². The van der Waals surface area contributed by atoms with E-state index >= 15 is 0 Å². The zero-order valence-corrected chi connectivity index (χ0v) is 14.7. The van der Waals surface area contributed by atoms with Crippen LogP contribution in [0.2, 0.25) is 10.0 Å². The Bertz CT molecular complexity index is 772. The Morgan fingerprint density at radius 1 is 1.21 bits per heavy atom. The Morgan fingerprint density at radius 3 is 2.58 bits per heavy atom. The van der Waals surface area contributed by atoms with Crippen molar-refractivity contribution in [2.24, 2.45) is 0 Å². The Hall–Kier alpha value is -1.60. The second-order valence-corrected chi connectivity index (χ2v) is 7.21. The monoisotopic (exact) mass is 385 g/mol. The van der Waals surface area contributed by atoms with E-state index in [2.05, 4.69) is 0 Å². The van der Waals surface area contributed by atoms with Crippen molar-refractivity contribution in [2.75, 3.05) is 19.8 Å². The lowest BCUT2D eigenvalue weighted by Gasteiger charge is -2.32. The highest BCUT2D eigenvalue weighted by Crippen LogP contribution is 2.33. The molecule has 3 rings (SSSR count). The molecule has 1 fully saturated rings. The molecule has 0 radical (unpaired) electrons. The van der Waals surface area contributed by atoms with Gasteiger partial charge in [0.05, 0.1) is 18.1 Å². The van der Waals surface area contributed by atoms with E-state index in [0.717, 1.165) is 10.4 Å². The molecule has 1 N–H and O–H groups in total. The molecule has 1 aromatic carbocycles. The van der Waals surface area contributed by atoms with E-state index in [4.69, 9.17) is 27.9 Å². The van der Waals surface area contributed by atoms with Crippen molar-refractivity contribution in [1.82, 2.24) is 4.90 Å². The summed E-state index contributed by atoms with van der Waals surface area (Å²) in [5.74, 6) is -1.38. The van der Waals surface area contributed by atoms with Gasteiger partial charge in [0, 0.05) is 21.5 Å². The Kier molecular flexibility index (Phi) is 5.10. The molecule has 0 spiro atoms. The van der Waals surface area contributed by atoms with Gasteiger partial charge in [-0.3, -0.25) is 4.79 Å². The first-order chi connectivity index (χ1) is 11.5. The Balaban J connectivity index is 1.86. The van der Waals surface area contributed by atoms with Gasteiger partial charge in [-0.05, 0) is 35.9 Å². The fourth-order valence-corrected chi connectivity index (χ4v) is 3.97. The van der Waals surface area contributed by atoms with Crippen LogP contribution in [0.3, 0.4) is 0 Å². The molecule has 24 heavy (non-hydrogen) atoms. The molecule has 1 aromatic heterocycles. The summed E-state index contributed by atoms with van der Waals surface area (Å²) in [6.07, 6.45) is 0. The van der Waals surface area contributed by atoms with Crippen molar-refractivity contribution >= 4 is 46.4 Å². The largest absolute Gasteiger partial charge is 0.480 e. The second-order valence-electron chi connectivity index (χ2n) is 5.25. The third kappa shape index (κ3) is 3.57. The fraction of sp³-hybridized carbons (Fsp3) is 0.250. The van der Waals surface area contributed by atoms with Crippen LogP contribution in [-0.4, -0.2) is 47.7 Å². The van der Waals surface area contributed by atoms with E-state index in [0.29, 0.717) is 21.5 Å². The maximum absolute atomic E-state index is 12.7. The standard InChI is InChI=1S/C16H13Cl2NO4S/c17-10-5-9(6-11(18)7-10)13-1-2-14(24-13)15(20)19-3-4-23-8-12(19)16(21)22/h1-2,5-7,12H,3-4,8H2,(H,21,22). The van der Waals surface area contributed by atoms with Gasteiger partial charge < -0.3 is 14.7 Å². The second kappa shape index (κ2) is 7.11. The van der Waals surface area contributed by atoms with Crippen molar-refractivity contribution in [2.45, 2.75) is 6.04 Å². The number of rotatable bonds is 3.